The molecule has 6 nitrogen and oxygen atoms in total. The standard InChI is InChI=1S/C25H27FN2O4/c1-32-25(31)19-7-9-21(10-8-19)28-23(29)16-22(24(28)30)27-13-11-17(12-14-27)5-6-18-3-2-4-20(26)15-18/h2-4,7-10,15,17,22H,5-6,11-14,16H2,1H3/t22-/m0/s1. The molecule has 0 aliphatic carbocycles. The maximum Gasteiger partial charge on any atom is 0.337 e. The summed E-state index contributed by atoms with van der Waals surface area (Å²) in [5.74, 6) is -0.568. The summed E-state index contributed by atoms with van der Waals surface area (Å²) < 4.78 is 18.0. The Morgan fingerprint density at radius 1 is 1.09 bits per heavy atom. The van der Waals surface area contributed by atoms with E-state index in [0.29, 0.717) is 17.2 Å². The smallest absolute Gasteiger partial charge is 0.337 e. The SMILES string of the molecule is COC(=O)c1ccc(N2C(=O)C[C@H](N3CCC(CCc4cccc(F)c4)CC3)C2=O)cc1. The average Bonchev–Trinajstić information content (AvgIpc) is 3.11. The lowest BCUT2D eigenvalue weighted by Gasteiger charge is -2.34. The van der Waals surface area contributed by atoms with Crippen LogP contribution in [0.5, 0.6) is 0 Å². The topological polar surface area (TPSA) is 66.9 Å². The Morgan fingerprint density at radius 3 is 2.47 bits per heavy atom. The molecule has 0 saturated carbocycles. The number of hydrogen-bond acceptors (Lipinski definition) is 5. The van der Waals surface area contributed by atoms with Crippen LogP contribution in [0.15, 0.2) is 48.5 Å². The Morgan fingerprint density at radius 2 is 1.81 bits per heavy atom. The van der Waals surface area contributed by atoms with Crippen molar-refractivity contribution in [3.05, 3.63) is 65.5 Å². The maximum absolute atomic E-state index is 13.4. The minimum atomic E-state index is -0.464. The average molecular weight is 438 g/mol. The van der Waals surface area contributed by atoms with Gasteiger partial charge in [0.25, 0.3) is 5.91 Å². The number of likely N-dealkylation sites (tertiary alicyclic amines) is 1. The molecule has 0 unspecified atom stereocenters. The quantitative estimate of drug-likeness (QED) is 0.509. The molecule has 2 saturated heterocycles. The fraction of sp³-hybridized carbons (Fsp3) is 0.400. The maximum atomic E-state index is 13.4. The fourth-order valence-electron chi connectivity index (χ4n) is 4.65. The molecule has 2 aromatic rings. The molecule has 2 heterocycles. The van der Waals surface area contributed by atoms with Gasteiger partial charge < -0.3 is 4.74 Å². The van der Waals surface area contributed by atoms with Crippen molar-refractivity contribution in [1.29, 1.82) is 0 Å². The minimum absolute atomic E-state index is 0.172. The number of nitrogens with zero attached hydrogens (tertiary/aromatic N) is 2. The Balaban J connectivity index is 1.33. The van der Waals surface area contributed by atoms with Crippen LogP contribution in [-0.4, -0.2) is 48.9 Å². The van der Waals surface area contributed by atoms with E-state index < -0.39 is 12.0 Å². The monoisotopic (exact) mass is 438 g/mol. The highest BCUT2D eigenvalue weighted by Gasteiger charge is 2.43. The van der Waals surface area contributed by atoms with Crippen LogP contribution in [0.4, 0.5) is 10.1 Å². The number of rotatable bonds is 6. The Hall–Kier alpha value is -3.06. The number of methoxy groups -OCH3 is 1. The van der Waals surface area contributed by atoms with Crippen LogP contribution < -0.4 is 4.90 Å². The summed E-state index contributed by atoms with van der Waals surface area (Å²) in [7, 11) is 1.30. The van der Waals surface area contributed by atoms with Crippen molar-refractivity contribution in [2.45, 2.75) is 38.1 Å². The lowest BCUT2D eigenvalue weighted by atomic mass is 9.90. The highest BCUT2D eigenvalue weighted by molar-refractivity contribution is 6.22. The number of anilines is 1. The first-order valence-corrected chi connectivity index (χ1v) is 11.0. The number of hydrogen-bond donors (Lipinski definition) is 0. The first-order chi connectivity index (χ1) is 15.5. The molecule has 7 heteroatoms. The van der Waals surface area contributed by atoms with Gasteiger partial charge in [0.1, 0.15) is 5.82 Å². The van der Waals surface area contributed by atoms with Crippen LogP contribution in [0.25, 0.3) is 0 Å². The lowest BCUT2D eigenvalue weighted by Crippen LogP contribution is -2.46. The number of carbonyl (C=O) groups is 3. The van der Waals surface area contributed by atoms with Gasteiger partial charge in [-0.3, -0.25) is 14.5 Å². The predicted molar refractivity (Wildman–Crippen MR) is 118 cm³/mol. The van der Waals surface area contributed by atoms with Crippen molar-refractivity contribution in [2.24, 2.45) is 5.92 Å². The van der Waals surface area contributed by atoms with E-state index in [1.165, 1.54) is 18.1 Å². The van der Waals surface area contributed by atoms with Crippen LogP contribution in [0.2, 0.25) is 0 Å². The van der Waals surface area contributed by atoms with Gasteiger partial charge in [0.05, 0.1) is 30.8 Å². The van der Waals surface area contributed by atoms with Gasteiger partial charge in [0, 0.05) is 0 Å². The Bertz CT molecular complexity index is 999. The van der Waals surface area contributed by atoms with E-state index in [4.69, 9.17) is 0 Å². The molecule has 0 aromatic heterocycles. The molecule has 0 radical (unpaired) electrons. The Labute approximate surface area is 187 Å². The van der Waals surface area contributed by atoms with Crippen molar-refractivity contribution in [3.63, 3.8) is 0 Å². The second-order valence-corrected chi connectivity index (χ2v) is 8.47. The summed E-state index contributed by atoms with van der Waals surface area (Å²) >= 11 is 0. The van der Waals surface area contributed by atoms with E-state index in [2.05, 4.69) is 9.64 Å². The zero-order valence-corrected chi connectivity index (χ0v) is 18.1. The number of halogens is 1. The van der Waals surface area contributed by atoms with Crippen molar-refractivity contribution in [1.82, 2.24) is 4.90 Å². The molecule has 0 N–H and O–H groups in total. The van der Waals surface area contributed by atoms with E-state index in [1.54, 1.807) is 36.4 Å². The summed E-state index contributed by atoms with van der Waals surface area (Å²) in [4.78, 5) is 40.6. The van der Waals surface area contributed by atoms with E-state index in [-0.39, 0.29) is 24.1 Å². The summed E-state index contributed by atoms with van der Waals surface area (Å²) in [6, 6.07) is 12.6. The number of esters is 1. The molecular weight excluding hydrogens is 411 g/mol. The van der Waals surface area contributed by atoms with Gasteiger partial charge in [0.2, 0.25) is 5.91 Å². The number of aryl methyl sites for hydroxylation is 1. The van der Waals surface area contributed by atoms with Gasteiger partial charge >= 0.3 is 5.97 Å². The van der Waals surface area contributed by atoms with E-state index in [0.717, 1.165) is 44.3 Å². The number of amides is 2. The zero-order valence-electron chi connectivity index (χ0n) is 18.1. The Kier molecular flexibility index (Phi) is 6.65. The first-order valence-electron chi connectivity index (χ1n) is 11.0. The van der Waals surface area contributed by atoms with Crippen LogP contribution in [0.1, 0.15) is 41.6 Å². The third-order valence-corrected chi connectivity index (χ3v) is 6.49. The van der Waals surface area contributed by atoms with Crippen molar-refractivity contribution in [3.8, 4) is 0 Å². The minimum Gasteiger partial charge on any atom is -0.465 e. The first kappa shape index (κ1) is 22.1. The summed E-state index contributed by atoms with van der Waals surface area (Å²) in [5, 5.41) is 0. The van der Waals surface area contributed by atoms with Gasteiger partial charge in [-0.25, -0.2) is 14.1 Å². The molecule has 0 bridgehead atoms. The van der Waals surface area contributed by atoms with E-state index in [1.807, 2.05) is 6.07 Å². The number of piperidine rings is 1. The number of carbonyl (C=O) groups excluding carboxylic acids is 3. The number of ether oxygens (including phenoxy) is 1. The predicted octanol–water partition coefficient (Wildman–Crippen LogP) is 3.59. The molecule has 2 aromatic carbocycles. The fourth-order valence-corrected chi connectivity index (χ4v) is 4.65. The molecule has 0 spiro atoms. The van der Waals surface area contributed by atoms with Gasteiger partial charge in [0.15, 0.2) is 0 Å². The molecule has 168 valence electrons. The largest absolute Gasteiger partial charge is 0.465 e. The van der Waals surface area contributed by atoms with Crippen LogP contribution in [-0.2, 0) is 20.7 Å². The molecule has 4 rings (SSSR count). The second-order valence-electron chi connectivity index (χ2n) is 8.47. The summed E-state index contributed by atoms with van der Waals surface area (Å²) in [5.41, 5.74) is 1.85. The van der Waals surface area contributed by atoms with Crippen molar-refractivity contribution >= 4 is 23.5 Å². The molecule has 2 amide bonds. The number of benzene rings is 2. The summed E-state index contributed by atoms with van der Waals surface area (Å²) in [6.45, 7) is 1.54. The van der Waals surface area contributed by atoms with Gasteiger partial charge in [-0.1, -0.05) is 12.1 Å². The molecular formula is C25H27FN2O4. The van der Waals surface area contributed by atoms with Crippen LogP contribution >= 0.6 is 0 Å². The molecule has 1 atom stereocenters. The molecule has 32 heavy (non-hydrogen) atoms. The third-order valence-electron chi connectivity index (χ3n) is 6.49. The van der Waals surface area contributed by atoms with Crippen LogP contribution in [0, 0.1) is 11.7 Å². The third kappa shape index (κ3) is 4.72. The van der Waals surface area contributed by atoms with Crippen molar-refractivity contribution < 1.29 is 23.5 Å². The summed E-state index contributed by atoms with van der Waals surface area (Å²) in [6.07, 6.45) is 3.93. The van der Waals surface area contributed by atoms with Gasteiger partial charge in [-0.2, -0.15) is 0 Å². The molecule has 2 fully saturated rings. The zero-order chi connectivity index (χ0) is 22.7. The van der Waals surface area contributed by atoms with E-state index in [9.17, 15) is 18.8 Å². The lowest BCUT2D eigenvalue weighted by molar-refractivity contribution is -0.123. The molecule has 2 aliphatic rings. The highest BCUT2D eigenvalue weighted by atomic mass is 19.1. The van der Waals surface area contributed by atoms with Crippen molar-refractivity contribution in [2.75, 3.05) is 25.1 Å². The van der Waals surface area contributed by atoms with E-state index >= 15 is 0 Å². The second kappa shape index (κ2) is 9.61. The van der Waals surface area contributed by atoms with Gasteiger partial charge in [-0.15, -0.1) is 0 Å². The normalized spacial score (nSPS) is 20.1. The number of imide groups is 1. The highest BCUT2D eigenvalue weighted by Crippen LogP contribution is 2.30. The molecule has 2 aliphatic heterocycles. The van der Waals surface area contributed by atoms with Gasteiger partial charge in [-0.05, 0) is 86.7 Å². The van der Waals surface area contributed by atoms with Crippen LogP contribution in [0.3, 0.4) is 0 Å².